The molecule has 0 spiro atoms. The van der Waals surface area contributed by atoms with E-state index in [1.807, 2.05) is 0 Å². The van der Waals surface area contributed by atoms with Gasteiger partial charge < -0.3 is 9.80 Å². The average Bonchev–Trinajstić information content (AvgIpc) is 2.47. The number of nitrogens with zero attached hydrogens (tertiary/aromatic N) is 2. The molecule has 1 fully saturated rings. The maximum Gasteiger partial charge on any atom is 0.0117 e. The largest absolute Gasteiger partial charge is 0.303 e. The van der Waals surface area contributed by atoms with Crippen LogP contribution in [0, 0.1) is 5.41 Å². The summed E-state index contributed by atoms with van der Waals surface area (Å²) >= 11 is 4.70. The summed E-state index contributed by atoms with van der Waals surface area (Å²) in [4.78, 5) is 5.23. The molecule has 120 valence electrons. The topological polar surface area (TPSA) is 6.48 Å². The third kappa shape index (κ3) is 5.23. The van der Waals surface area contributed by atoms with Crippen molar-refractivity contribution in [3.8, 4) is 0 Å². The van der Waals surface area contributed by atoms with Crippen LogP contribution >= 0.6 is 12.6 Å². The van der Waals surface area contributed by atoms with Crippen LogP contribution in [0.1, 0.15) is 59.3 Å². The molecule has 1 heterocycles. The van der Waals surface area contributed by atoms with E-state index >= 15 is 0 Å². The Bertz CT molecular complexity index is 243. The molecular formula is C17H36N2S. The molecule has 1 rings (SSSR count). The highest BCUT2D eigenvalue weighted by Gasteiger charge is 2.31. The van der Waals surface area contributed by atoms with Gasteiger partial charge in [-0.05, 0) is 63.5 Å². The molecule has 1 aliphatic rings. The summed E-state index contributed by atoms with van der Waals surface area (Å²) in [6.45, 7) is 11.9. The first-order valence-electron chi connectivity index (χ1n) is 8.64. The van der Waals surface area contributed by atoms with E-state index in [4.69, 9.17) is 12.6 Å². The molecule has 0 aromatic rings. The quantitative estimate of drug-likeness (QED) is 0.645. The van der Waals surface area contributed by atoms with Gasteiger partial charge in [0.15, 0.2) is 0 Å². The van der Waals surface area contributed by atoms with E-state index in [2.05, 4.69) is 37.6 Å². The van der Waals surface area contributed by atoms with Gasteiger partial charge in [0, 0.05) is 12.6 Å². The lowest BCUT2D eigenvalue weighted by Crippen LogP contribution is -2.47. The molecule has 0 aromatic heterocycles. The van der Waals surface area contributed by atoms with Gasteiger partial charge >= 0.3 is 0 Å². The van der Waals surface area contributed by atoms with Crippen molar-refractivity contribution in [2.24, 2.45) is 5.41 Å². The summed E-state index contributed by atoms with van der Waals surface area (Å²) in [5, 5.41) is 0. The Morgan fingerprint density at radius 2 is 1.65 bits per heavy atom. The fraction of sp³-hybridized carbons (Fsp3) is 1.00. The van der Waals surface area contributed by atoms with E-state index in [0.29, 0.717) is 5.41 Å². The lowest BCUT2D eigenvalue weighted by molar-refractivity contribution is 0.0866. The van der Waals surface area contributed by atoms with Crippen molar-refractivity contribution in [3.63, 3.8) is 0 Å². The summed E-state index contributed by atoms with van der Waals surface area (Å²) in [7, 11) is 2.34. The molecule has 20 heavy (non-hydrogen) atoms. The molecule has 3 heteroatoms. The molecule has 2 nitrogen and oxygen atoms in total. The Kier molecular flexibility index (Phi) is 8.54. The zero-order chi connectivity index (χ0) is 15.0. The number of hydrogen-bond donors (Lipinski definition) is 1. The SMILES string of the molecule is CCCC(CS)(CCC)CN(C)C1CCN(CC)CC1. The van der Waals surface area contributed by atoms with Crippen LogP contribution in [0.3, 0.4) is 0 Å². The van der Waals surface area contributed by atoms with E-state index in [9.17, 15) is 0 Å². The predicted octanol–water partition coefficient (Wildman–Crippen LogP) is 3.92. The minimum atomic E-state index is 0.434. The Hall–Kier alpha value is 0.270. The molecule has 0 amide bonds. The van der Waals surface area contributed by atoms with Crippen molar-refractivity contribution < 1.29 is 0 Å². The first-order valence-corrected chi connectivity index (χ1v) is 9.27. The van der Waals surface area contributed by atoms with Crippen LogP contribution in [0.4, 0.5) is 0 Å². The number of thiol groups is 1. The van der Waals surface area contributed by atoms with Crippen LogP contribution in [0.25, 0.3) is 0 Å². The zero-order valence-electron chi connectivity index (χ0n) is 14.2. The Balaban J connectivity index is 2.54. The number of piperidine rings is 1. The molecule has 0 aliphatic carbocycles. The highest BCUT2D eigenvalue weighted by Crippen LogP contribution is 2.33. The van der Waals surface area contributed by atoms with Gasteiger partial charge in [0.2, 0.25) is 0 Å². The van der Waals surface area contributed by atoms with Crippen molar-refractivity contribution in [1.29, 1.82) is 0 Å². The molecule has 1 aliphatic heterocycles. The van der Waals surface area contributed by atoms with E-state index in [0.717, 1.165) is 11.8 Å². The van der Waals surface area contributed by atoms with E-state index in [1.165, 1.54) is 64.7 Å². The fourth-order valence-corrected chi connectivity index (χ4v) is 4.30. The molecule has 0 bridgehead atoms. The van der Waals surface area contributed by atoms with Crippen LogP contribution in [0.5, 0.6) is 0 Å². The number of likely N-dealkylation sites (tertiary alicyclic amines) is 1. The van der Waals surface area contributed by atoms with Gasteiger partial charge in [-0.2, -0.15) is 12.6 Å². The third-order valence-electron chi connectivity index (χ3n) is 5.11. The van der Waals surface area contributed by atoms with E-state index in [-0.39, 0.29) is 0 Å². The normalized spacial score (nSPS) is 18.9. The number of rotatable bonds is 9. The predicted molar refractivity (Wildman–Crippen MR) is 93.9 cm³/mol. The van der Waals surface area contributed by atoms with Gasteiger partial charge in [0.1, 0.15) is 0 Å². The van der Waals surface area contributed by atoms with Crippen LogP contribution < -0.4 is 0 Å². The van der Waals surface area contributed by atoms with Crippen molar-refractivity contribution in [2.45, 2.75) is 65.3 Å². The van der Waals surface area contributed by atoms with Gasteiger partial charge in [-0.1, -0.05) is 33.6 Å². The van der Waals surface area contributed by atoms with Crippen LogP contribution in [-0.2, 0) is 0 Å². The van der Waals surface area contributed by atoms with Gasteiger partial charge in [-0.25, -0.2) is 0 Å². The Morgan fingerprint density at radius 3 is 2.05 bits per heavy atom. The molecular weight excluding hydrogens is 264 g/mol. The molecule has 0 saturated carbocycles. The summed E-state index contributed by atoms with van der Waals surface area (Å²) < 4.78 is 0. The van der Waals surface area contributed by atoms with Gasteiger partial charge in [-0.3, -0.25) is 0 Å². The van der Waals surface area contributed by atoms with E-state index in [1.54, 1.807) is 0 Å². The molecule has 1 saturated heterocycles. The Labute approximate surface area is 132 Å². The van der Waals surface area contributed by atoms with Crippen molar-refractivity contribution in [1.82, 2.24) is 9.80 Å². The van der Waals surface area contributed by atoms with Crippen molar-refractivity contribution in [3.05, 3.63) is 0 Å². The van der Waals surface area contributed by atoms with Crippen LogP contribution in [0.15, 0.2) is 0 Å². The minimum absolute atomic E-state index is 0.434. The molecule has 0 N–H and O–H groups in total. The molecule has 0 aromatic carbocycles. The standard InChI is InChI=1S/C17H36N2S/c1-5-10-17(15-20,11-6-2)14-18(4)16-8-12-19(7-3)13-9-16/h16,20H,5-15H2,1-4H3. The van der Waals surface area contributed by atoms with Crippen LogP contribution in [0.2, 0.25) is 0 Å². The monoisotopic (exact) mass is 300 g/mol. The summed E-state index contributed by atoms with van der Waals surface area (Å²) in [5.74, 6) is 1.03. The van der Waals surface area contributed by atoms with E-state index < -0.39 is 0 Å². The smallest absolute Gasteiger partial charge is 0.0117 e. The average molecular weight is 301 g/mol. The summed E-state index contributed by atoms with van der Waals surface area (Å²) in [5.41, 5.74) is 0.434. The van der Waals surface area contributed by atoms with Crippen LogP contribution in [-0.4, -0.2) is 54.8 Å². The first kappa shape index (κ1) is 18.3. The minimum Gasteiger partial charge on any atom is -0.303 e. The maximum absolute atomic E-state index is 4.70. The second kappa shape index (κ2) is 9.32. The molecule has 0 atom stereocenters. The van der Waals surface area contributed by atoms with Gasteiger partial charge in [0.05, 0.1) is 0 Å². The second-order valence-corrected chi connectivity index (χ2v) is 7.05. The first-order chi connectivity index (χ1) is 9.60. The lowest BCUT2D eigenvalue weighted by atomic mass is 9.80. The molecule has 0 radical (unpaired) electrons. The van der Waals surface area contributed by atoms with Gasteiger partial charge in [0.25, 0.3) is 0 Å². The maximum atomic E-state index is 4.70. The highest BCUT2D eigenvalue weighted by atomic mass is 32.1. The van der Waals surface area contributed by atoms with Crippen molar-refractivity contribution >= 4 is 12.6 Å². The third-order valence-corrected chi connectivity index (χ3v) is 5.78. The lowest BCUT2D eigenvalue weighted by Gasteiger charge is -2.42. The van der Waals surface area contributed by atoms with Crippen molar-refractivity contribution in [2.75, 3.05) is 39.0 Å². The Morgan fingerprint density at radius 1 is 1.10 bits per heavy atom. The second-order valence-electron chi connectivity index (χ2n) is 6.74. The zero-order valence-corrected chi connectivity index (χ0v) is 15.1. The number of hydrogen-bond acceptors (Lipinski definition) is 3. The molecule has 0 unspecified atom stereocenters. The summed E-state index contributed by atoms with van der Waals surface area (Å²) in [6.07, 6.45) is 7.88. The summed E-state index contributed by atoms with van der Waals surface area (Å²) in [6, 6.07) is 0.783. The highest BCUT2D eigenvalue weighted by molar-refractivity contribution is 7.80. The van der Waals surface area contributed by atoms with Gasteiger partial charge in [-0.15, -0.1) is 0 Å². The fourth-order valence-electron chi connectivity index (χ4n) is 3.89.